The van der Waals surface area contributed by atoms with E-state index in [1.807, 2.05) is 0 Å². The molecule has 2 fully saturated rings. The molecule has 0 heterocycles. The van der Waals surface area contributed by atoms with Crippen LogP contribution in [-0.2, 0) is 14.4 Å². The molecule has 106 valence electrons. The normalized spacial score (nSPS) is 39.8. The molecule has 0 aromatic heterocycles. The number of carboxylic acids is 2. The molecule has 6 nitrogen and oxygen atoms in total. The van der Waals surface area contributed by atoms with Crippen molar-refractivity contribution in [3.8, 4) is 0 Å². The number of hydrogen-bond acceptors (Lipinski definition) is 3. The summed E-state index contributed by atoms with van der Waals surface area (Å²) in [6, 6.07) is 0. The van der Waals surface area contributed by atoms with Crippen LogP contribution in [0.3, 0.4) is 0 Å². The minimum atomic E-state index is -1.78. The Morgan fingerprint density at radius 2 is 1.89 bits per heavy atom. The number of carboxylic acid groups (broad SMARTS) is 2. The van der Waals surface area contributed by atoms with Gasteiger partial charge in [0, 0.05) is 24.2 Å². The highest BCUT2D eigenvalue weighted by Crippen LogP contribution is 2.63. The van der Waals surface area contributed by atoms with Gasteiger partial charge in [-0.25, -0.2) is 9.18 Å². The molecule has 0 aliphatic heterocycles. The van der Waals surface area contributed by atoms with Crippen LogP contribution in [0, 0.1) is 23.7 Å². The number of aliphatic carboxylic acids is 2. The average Bonchev–Trinajstić information content (AvgIpc) is 2.96. The van der Waals surface area contributed by atoms with Crippen LogP contribution in [0.4, 0.5) is 4.39 Å². The minimum Gasteiger partial charge on any atom is -0.481 e. The minimum absolute atomic E-state index is 0.361. The maximum atomic E-state index is 13.8. The van der Waals surface area contributed by atoms with E-state index in [2.05, 4.69) is 5.32 Å². The first kappa shape index (κ1) is 13.8. The summed E-state index contributed by atoms with van der Waals surface area (Å²) in [4.78, 5) is 34.1. The number of carbonyl (C=O) groups excluding carboxylic acids is 1. The number of amides is 1. The Hall–Kier alpha value is -1.66. The lowest BCUT2D eigenvalue weighted by Gasteiger charge is -2.29. The van der Waals surface area contributed by atoms with Crippen LogP contribution in [0.5, 0.6) is 0 Å². The highest BCUT2D eigenvalue weighted by molar-refractivity contribution is 5.91. The molecule has 7 heteroatoms. The number of rotatable bonds is 4. The van der Waals surface area contributed by atoms with Gasteiger partial charge in [0.2, 0.25) is 5.91 Å². The maximum Gasteiger partial charge on any atom is 0.329 e. The number of halogens is 1. The lowest BCUT2D eigenvalue weighted by molar-refractivity contribution is -0.150. The molecule has 0 radical (unpaired) electrons. The van der Waals surface area contributed by atoms with Gasteiger partial charge in [0.05, 0.1) is 5.92 Å². The van der Waals surface area contributed by atoms with Crippen LogP contribution in [0.25, 0.3) is 0 Å². The van der Waals surface area contributed by atoms with Gasteiger partial charge in [-0.05, 0) is 0 Å². The Balaban J connectivity index is 2.29. The van der Waals surface area contributed by atoms with E-state index in [1.165, 1.54) is 0 Å². The van der Waals surface area contributed by atoms with Crippen LogP contribution in [0.2, 0.25) is 0 Å². The van der Waals surface area contributed by atoms with Crippen LogP contribution in [0.1, 0.15) is 20.3 Å². The molecule has 0 saturated heterocycles. The monoisotopic (exact) mass is 273 g/mol. The molecular formula is C12H16FNO5. The molecular weight excluding hydrogens is 257 g/mol. The van der Waals surface area contributed by atoms with Gasteiger partial charge in [-0.1, -0.05) is 13.8 Å². The average molecular weight is 273 g/mol. The van der Waals surface area contributed by atoms with E-state index in [-0.39, 0.29) is 6.42 Å². The molecule has 2 aliphatic rings. The molecule has 0 aromatic rings. The van der Waals surface area contributed by atoms with E-state index in [9.17, 15) is 23.9 Å². The fourth-order valence-electron chi connectivity index (χ4n) is 3.10. The van der Waals surface area contributed by atoms with Gasteiger partial charge >= 0.3 is 11.9 Å². The summed E-state index contributed by atoms with van der Waals surface area (Å²) in [6.45, 7) is 3.18. The van der Waals surface area contributed by atoms with Gasteiger partial charge < -0.3 is 15.5 Å². The first-order chi connectivity index (χ1) is 8.72. The standard InChI is InChI=1S/C12H16FNO5/c1-4(2)9(15)14-12(11(18)19)3-5(13)6-7(8(6)12)10(16)17/h4-8H,3H2,1-2H3,(H,14,15)(H,16,17)(H,18,19)/t5-,6+,7+,8+,12+/m1/s1. The predicted molar refractivity (Wildman–Crippen MR) is 61.0 cm³/mol. The number of nitrogens with one attached hydrogen (secondary N) is 1. The topological polar surface area (TPSA) is 104 Å². The second-order valence-corrected chi connectivity index (χ2v) is 5.61. The van der Waals surface area contributed by atoms with Crippen molar-refractivity contribution in [2.24, 2.45) is 23.7 Å². The van der Waals surface area contributed by atoms with Crippen molar-refractivity contribution in [2.75, 3.05) is 0 Å². The largest absolute Gasteiger partial charge is 0.481 e. The summed E-state index contributed by atoms with van der Waals surface area (Å²) in [7, 11) is 0. The molecule has 0 bridgehead atoms. The zero-order chi connectivity index (χ0) is 14.5. The highest BCUT2D eigenvalue weighted by Gasteiger charge is 2.76. The van der Waals surface area contributed by atoms with Gasteiger partial charge in [-0.2, -0.15) is 0 Å². The zero-order valence-corrected chi connectivity index (χ0v) is 10.6. The molecule has 2 rings (SSSR count). The van der Waals surface area contributed by atoms with Crippen LogP contribution in [0.15, 0.2) is 0 Å². The maximum absolute atomic E-state index is 13.8. The molecule has 0 aromatic carbocycles. The van der Waals surface area contributed by atoms with Crippen LogP contribution >= 0.6 is 0 Å². The van der Waals surface area contributed by atoms with E-state index < -0.39 is 53.2 Å². The molecule has 5 atom stereocenters. The van der Waals surface area contributed by atoms with Crippen molar-refractivity contribution < 1.29 is 29.0 Å². The highest BCUT2D eigenvalue weighted by atomic mass is 19.1. The number of fused-ring (bicyclic) bond motifs is 1. The van der Waals surface area contributed by atoms with Gasteiger partial charge in [0.1, 0.15) is 11.7 Å². The van der Waals surface area contributed by atoms with Crippen molar-refractivity contribution in [3.63, 3.8) is 0 Å². The summed E-state index contributed by atoms with van der Waals surface area (Å²) in [5, 5.41) is 20.7. The lowest BCUT2D eigenvalue weighted by Crippen LogP contribution is -2.57. The summed E-state index contributed by atoms with van der Waals surface area (Å²) >= 11 is 0. The molecule has 2 saturated carbocycles. The number of alkyl halides is 1. The van der Waals surface area contributed by atoms with Crippen LogP contribution in [-0.4, -0.2) is 39.8 Å². The third kappa shape index (κ3) is 1.87. The second-order valence-electron chi connectivity index (χ2n) is 5.61. The van der Waals surface area contributed by atoms with Crippen molar-refractivity contribution in [3.05, 3.63) is 0 Å². The van der Waals surface area contributed by atoms with E-state index >= 15 is 0 Å². The molecule has 3 N–H and O–H groups in total. The van der Waals surface area contributed by atoms with E-state index in [0.717, 1.165) is 0 Å². The van der Waals surface area contributed by atoms with Gasteiger partial charge in [-0.3, -0.25) is 9.59 Å². The molecule has 0 unspecified atom stereocenters. The Labute approximate surface area is 109 Å². The Bertz CT molecular complexity index is 451. The van der Waals surface area contributed by atoms with Gasteiger partial charge in [-0.15, -0.1) is 0 Å². The number of carbonyl (C=O) groups is 3. The lowest BCUT2D eigenvalue weighted by atomic mass is 9.89. The van der Waals surface area contributed by atoms with Crippen LogP contribution < -0.4 is 5.32 Å². The third-order valence-electron chi connectivity index (χ3n) is 4.12. The third-order valence-corrected chi connectivity index (χ3v) is 4.12. The van der Waals surface area contributed by atoms with Gasteiger partial charge in [0.15, 0.2) is 0 Å². The molecule has 0 spiro atoms. The van der Waals surface area contributed by atoms with E-state index in [4.69, 9.17) is 5.11 Å². The summed E-state index contributed by atoms with van der Waals surface area (Å²) < 4.78 is 13.8. The Morgan fingerprint density at radius 1 is 1.32 bits per heavy atom. The fourth-order valence-corrected chi connectivity index (χ4v) is 3.10. The Morgan fingerprint density at radius 3 is 2.26 bits per heavy atom. The quantitative estimate of drug-likeness (QED) is 0.682. The smallest absolute Gasteiger partial charge is 0.329 e. The number of hydrogen-bond donors (Lipinski definition) is 3. The van der Waals surface area contributed by atoms with E-state index in [1.54, 1.807) is 13.8 Å². The fraction of sp³-hybridized carbons (Fsp3) is 0.750. The molecule has 19 heavy (non-hydrogen) atoms. The first-order valence-corrected chi connectivity index (χ1v) is 6.14. The van der Waals surface area contributed by atoms with Crippen molar-refractivity contribution in [1.82, 2.24) is 5.32 Å². The first-order valence-electron chi connectivity index (χ1n) is 6.14. The summed E-state index contributed by atoms with van der Waals surface area (Å²) in [5.41, 5.74) is -1.78. The SMILES string of the molecule is CC(C)C(=O)N[C@@]1(C(=O)O)C[C@@H](F)[C@H]2[C@H](C(=O)O)[C@H]21. The van der Waals surface area contributed by atoms with E-state index in [0.29, 0.717) is 0 Å². The van der Waals surface area contributed by atoms with Crippen molar-refractivity contribution in [1.29, 1.82) is 0 Å². The predicted octanol–water partition coefficient (Wildman–Crippen LogP) is 0.271. The second kappa shape index (κ2) is 4.18. The molecule has 2 aliphatic carbocycles. The summed E-state index contributed by atoms with van der Waals surface area (Å²) in [6.07, 6.45) is -1.87. The van der Waals surface area contributed by atoms with Crippen molar-refractivity contribution >= 4 is 17.8 Å². The van der Waals surface area contributed by atoms with Gasteiger partial charge in [0.25, 0.3) is 0 Å². The Kier molecular flexibility index (Phi) is 3.03. The zero-order valence-electron chi connectivity index (χ0n) is 10.6. The summed E-state index contributed by atoms with van der Waals surface area (Å²) in [5.74, 6) is -6.21. The molecule has 1 amide bonds. The van der Waals surface area contributed by atoms with Crippen molar-refractivity contribution in [2.45, 2.75) is 32.0 Å².